The van der Waals surface area contributed by atoms with Crippen molar-refractivity contribution in [2.45, 2.75) is 51.6 Å². The van der Waals surface area contributed by atoms with Crippen molar-refractivity contribution < 1.29 is 9.53 Å². The van der Waals surface area contributed by atoms with Crippen LogP contribution in [0.2, 0.25) is 0 Å². The van der Waals surface area contributed by atoms with E-state index in [4.69, 9.17) is 4.74 Å². The van der Waals surface area contributed by atoms with Crippen LogP contribution in [0.25, 0.3) is 0 Å². The Morgan fingerprint density at radius 3 is 2.85 bits per heavy atom. The molecule has 0 N–H and O–H groups in total. The minimum atomic E-state index is 0.0689. The van der Waals surface area contributed by atoms with Crippen molar-refractivity contribution in [3.63, 3.8) is 0 Å². The number of fused-ring (bicyclic) bond motifs is 1. The van der Waals surface area contributed by atoms with Crippen LogP contribution in [-0.2, 0) is 9.53 Å². The van der Waals surface area contributed by atoms with E-state index >= 15 is 0 Å². The third-order valence-corrected chi connectivity index (χ3v) is 3.53. The molecule has 0 aromatic heterocycles. The molecule has 0 amide bonds. The van der Waals surface area contributed by atoms with E-state index in [1.54, 1.807) is 0 Å². The molecule has 2 rings (SSSR count). The molecule has 1 saturated carbocycles. The second-order valence-electron chi connectivity index (χ2n) is 4.29. The molecule has 13 heavy (non-hydrogen) atoms. The number of esters is 1. The summed E-state index contributed by atoms with van der Waals surface area (Å²) in [4.78, 5) is 11.5. The van der Waals surface area contributed by atoms with Gasteiger partial charge in [-0.25, -0.2) is 0 Å². The molecule has 0 aromatic carbocycles. The first-order valence-electron chi connectivity index (χ1n) is 5.53. The first-order chi connectivity index (χ1) is 6.33. The van der Waals surface area contributed by atoms with Crippen molar-refractivity contribution in [1.82, 2.24) is 0 Å². The summed E-state index contributed by atoms with van der Waals surface area (Å²) >= 11 is 0. The lowest BCUT2D eigenvalue weighted by Crippen LogP contribution is -2.19. The lowest BCUT2D eigenvalue weighted by Gasteiger charge is -2.16. The smallest absolute Gasteiger partial charge is 0.309 e. The van der Waals surface area contributed by atoms with Gasteiger partial charge in [0, 0.05) is 5.92 Å². The molecule has 2 nitrogen and oxygen atoms in total. The molecule has 1 saturated heterocycles. The maximum absolute atomic E-state index is 11.5. The number of hydrogen-bond acceptors (Lipinski definition) is 2. The first-order valence-corrected chi connectivity index (χ1v) is 5.53. The van der Waals surface area contributed by atoms with Gasteiger partial charge in [0.15, 0.2) is 0 Å². The van der Waals surface area contributed by atoms with Gasteiger partial charge in [-0.05, 0) is 25.7 Å². The van der Waals surface area contributed by atoms with Crippen LogP contribution < -0.4 is 0 Å². The zero-order valence-corrected chi connectivity index (χ0v) is 8.29. The summed E-state index contributed by atoms with van der Waals surface area (Å²) in [5.74, 6) is 0.822. The summed E-state index contributed by atoms with van der Waals surface area (Å²) in [6, 6.07) is 0. The van der Waals surface area contributed by atoms with Gasteiger partial charge in [-0.1, -0.05) is 19.8 Å². The largest absolute Gasteiger partial charge is 0.462 e. The SMILES string of the molecule is CC[C@H]1C(=O)OC2CCCCC[C@H]21. The Kier molecular flexibility index (Phi) is 2.56. The average Bonchev–Trinajstić information content (AvgIpc) is 2.32. The van der Waals surface area contributed by atoms with Gasteiger partial charge in [-0.15, -0.1) is 0 Å². The number of ether oxygens (including phenoxy) is 1. The predicted molar refractivity (Wildman–Crippen MR) is 50.2 cm³/mol. The summed E-state index contributed by atoms with van der Waals surface area (Å²) in [7, 11) is 0. The van der Waals surface area contributed by atoms with Crippen molar-refractivity contribution in [3.8, 4) is 0 Å². The van der Waals surface area contributed by atoms with E-state index in [2.05, 4.69) is 6.92 Å². The Hall–Kier alpha value is -0.530. The van der Waals surface area contributed by atoms with Crippen LogP contribution in [0.5, 0.6) is 0 Å². The number of carbonyl (C=O) groups excluding carboxylic acids is 1. The third kappa shape index (κ3) is 1.59. The molecule has 0 bridgehead atoms. The Bertz CT molecular complexity index is 200. The zero-order valence-electron chi connectivity index (χ0n) is 8.29. The van der Waals surface area contributed by atoms with Gasteiger partial charge in [-0.2, -0.15) is 0 Å². The summed E-state index contributed by atoms with van der Waals surface area (Å²) < 4.78 is 5.41. The molecule has 2 heteroatoms. The number of hydrogen-bond donors (Lipinski definition) is 0. The fourth-order valence-electron chi connectivity index (χ4n) is 2.79. The van der Waals surface area contributed by atoms with Gasteiger partial charge in [0.25, 0.3) is 0 Å². The molecule has 0 radical (unpaired) electrons. The Labute approximate surface area is 79.7 Å². The molecular weight excluding hydrogens is 164 g/mol. The summed E-state index contributed by atoms with van der Waals surface area (Å²) in [5, 5.41) is 0. The standard InChI is InChI=1S/C11H18O2/c1-2-8-9-6-4-3-5-7-10(9)13-11(8)12/h8-10H,2-7H2,1H3/t8-,9+,10?/m1/s1. The first kappa shape index (κ1) is 9.04. The van der Waals surface area contributed by atoms with Gasteiger partial charge in [0.2, 0.25) is 0 Å². The molecule has 3 atom stereocenters. The lowest BCUT2D eigenvalue weighted by molar-refractivity contribution is -0.144. The highest BCUT2D eigenvalue weighted by Crippen LogP contribution is 2.38. The fourth-order valence-corrected chi connectivity index (χ4v) is 2.79. The molecule has 74 valence electrons. The quantitative estimate of drug-likeness (QED) is 0.582. The molecule has 0 aromatic rings. The minimum absolute atomic E-state index is 0.0689. The Morgan fingerprint density at radius 2 is 2.08 bits per heavy atom. The van der Waals surface area contributed by atoms with Gasteiger partial charge < -0.3 is 4.74 Å². The Morgan fingerprint density at radius 1 is 1.31 bits per heavy atom. The van der Waals surface area contributed by atoms with Crippen LogP contribution in [0.3, 0.4) is 0 Å². The van der Waals surface area contributed by atoms with Gasteiger partial charge >= 0.3 is 5.97 Å². The van der Waals surface area contributed by atoms with Crippen LogP contribution in [0, 0.1) is 11.8 Å². The highest BCUT2D eigenvalue weighted by Gasteiger charge is 2.43. The van der Waals surface area contributed by atoms with Crippen molar-refractivity contribution in [3.05, 3.63) is 0 Å². The number of carbonyl (C=O) groups is 1. The predicted octanol–water partition coefficient (Wildman–Crippen LogP) is 2.52. The van der Waals surface area contributed by atoms with E-state index in [1.165, 1.54) is 25.7 Å². The monoisotopic (exact) mass is 182 g/mol. The number of rotatable bonds is 1. The second kappa shape index (κ2) is 3.69. The van der Waals surface area contributed by atoms with E-state index < -0.39 is 0 Å². The molecule has 0 spiro atoms. The normalized spacial score (nSPS) is 39.5. The van der Waals surface area contributed by atoms with Crippen molar-refractivity contribution in [2.75, 3.05) is 0 Å². The zero-order chi connectivity index (χ0) is 9.26. The van der Waals surface area contributed by atoms with Crippen LogP contribution in [0.4, 0.5) is 0 Å². The van der Waals surface area contributed by atoms with E-state index in [-0.39, 0.29) is 18.0 Å². The maximum Gasteiger partial charge on any atom is 0.309 e. The van der Waals surface area contributed by atoms with Crippen LogP contribution in [0.15, 0.2) is 0 Å². The second-order valence-corrected chi connectivity index (χ2v) is 4.29. The molecule has 1 aliphatic carbocycles. The van der Waals surface area contributed by atoms with Crippen molar-refractivity contribution >= 4 is 5.97 Å². The summed E-state index contributed by atoms with van der Waals surface area (Å²) in [6.45, 7) is 2.10. The molecule has 2 fully saturated rings. The maximum atomic E-state index is 11.5. The molecule has 1 unspecified atom stereocenters. The molecule has 2 aliphatic rings. The van der Waals surface area contributed by atoms with Gasteiger partial charge in [0.05, 0.1) is 5.92 Å². The van der Waals surface area contributed by atoms with E-state index in [0.29, 0.717) is 5.92 Å². The van der Waals surface area contributed by atoms with Crippen LogP contribution >= 0.6 is 0 Å². The van der Waals surface area contributed by atoms with Gasteiger partial charge in [0.1, 0.15) is 6.10 Å². The van der Waals surface area contributed by atoms with Crippen LogP contribution in [0.1, 0.15) is 45.4 Å². The Balaban J connectivity index is 2.09. The summed E-state index contributed by atoms with van der Waals surface area (Å²) in [6.07, 6.45) is 7.38. The minimum Gasteiger partial charge on any atom is -0.462 e. The van der Waals surface area contributed by atoms with Crippen LogP contribution in [-0.4, -0.2) is 12.1 Å². The van der Waals surface area contributed by atoms with E-state index in [1.807, 2.05) is 0 Å². The average molecular weight is 182 g/mol. The third-order valence-electron chi connectivity index (χ3n) is 3.53. The molecular formula is C11H18O2. The van der Waals surface area contributed by atoms with E-state index in [0.717, 1.165) is 12.8 Å². The van der Waals surface area contributed by atoms with Gasteiger partial charge in [-0.3, -0.25) is 4.79 Å². The highest BCUT2D eigenvalue weighted by molar-refractivity contribution is 5.75. The lowest BCUT2D eigenvalue weighted by atomic mass is 9.85. The van der Waals surface area contributed by atoms with Crippen molar-refractivity contribution in [1.29, 1.82) is 0 Å². The topological polar surface area (TPSA) is 26.3 Å². The highest BCUT2D eigenvalue weighted by atomic mass is 16.6. The van der Waals surface area contributed by atoms with Crippen molar-refractivity contribution in [2.24, 2.45) is 11.8 Å². The summed E-state index contributed by atoms with van der Waals surface area (Å²) in [5.41, 5.74) is 0. The van der Waals surface area contributed by atoms with E-state index in [9.17, 15) is 4.79 Å². The molecule has 1 heterocycles. The molecule has 1 aliphatic heterocycles. The fraction of sp³-hybridized carbons (Fsp3) is 0.909.